The summed E-state index contributed by atoms with van der Waals surface area (Å²) in [7, 11) is 0. The van der Waals surface area contributed by atoms with Crippen LogP contribution in [0.5, 0.6) is 0 Å². The molecular formula is C18H14N2O4. The standard InChI is InChI=1S/C18H14N2O4/c21-16(9-17(22)18(23)24)13-5-3-4-12(8-13)10-20-11-19-14-6-1-2-7-15(14)20/h1-8,11H,9-10H2,(H,23,24). The maximum atomic E-state index is 12.0. The third-order valence-corrected chi connectivity index (χ3v) is 3.69. The van der Waals surface area contributed by atoms with Gasteiger partial charge in [0.2, 0.25) is 5.78 Å². The number of nitrogens with zero attached hydrogens (tertiary/aromatic N) is 2. The molecule has 6 heteroatoms. The van der Waals surface area contributed by atoms with Crippen LogP contribution in [0.25, 0.3) is 11.0 Å². The Balaban J connectivity index is 1.82. The topological polar surface area (TPSA) is 89.3 Å². The average Bonchev–Trinajstić information content (AvgIpc) is 2.98. The quantitative estimate of drug-likeness (QED) is 0.427. The zero-order valence-corrected chi connectivity index (χ0v) is 12.7. The molecule has 0 aliphatic heterocycles. The summed E-state index contributed by atoms with van der Waals surface area (Å²) in [4.78, 5) is 38.1. The third kappa shape index (κ3) is 3.22. The largest absolute Gasteiger partial charge is 0.475 e. The lowest BCUT2D eigenvalue weighted by Crippen LogP contribution is -2.17. The summed E-state index contributed by atoms with van der Waals surface area (Å²) in [6, 6.07) is 14.6. The Labute approximate surface area is 137 Å². The van der Waals surface area contributed by atoms with Crippen molar-refractivity contribution in [3.8, 4) is 0 Å². The van der Waals surface area contributed by atoms with Gasteiger partial charge in [0, 0.05) is 12.1 Å². The van der Waals surface area contributed by atoms with E-state index in [1.54, 1.807) is 24.5 Å². The normalized spacial score (nSPS) is 10.7. The highest BCUT2D eigenvalue weighted by atomic mass is 16.4. The van der Waals surface area contributed by atoms with Gasteiger partial charge in [0.15, 0.2) is 5.78 Å². The Morgan fingerprint density at radius 3 is 2.62 bits per heavy atom. The van der Waals surface area contributed by atoms with Gasteiger partial charge in [0.25, 0.3) is 0 Å². The molecule has 120 valence electrons. The molecule has 0 atom stereocenters. The van der Waals surface area contributed by atoms with Gasteiger partial charge in [-0.15, -0.1) is 0 Å². The van der Waals surface area contributed by atoms with Gasteiger partial charge < -0.3 is 9.67 Å². The van der Waals surface area contributed by atoms with Crippen molar-refractivity contribution in [3.63, 3.8) is 0 Å². The number of aromatic nitrogens is 2. The maximum absolute atomic E-state index is 12.0. The SMILES string of the molecule is O=C(O)C(=O)CC(=O)c1cccc(Cn2cnc3ccccc32)c1. The molecule has 0 spiro atoms. The van der Waals surface area contributed by atoms with Crippen LogP contribution in [0, 0.1) is 0 Å². The zero-order valence-electron chi connectivity index (χ0n) is 12.7. The van der Waals surface area contributed by atoms with Crippen molar-refractivity contribution in [1.82, 2.24) is 9.55 Å². The van der Waals surface area contributed by atoms with E-state index in [1.165, 1.54) is 0 Å². The highest BCUT2D eigenvalue weighted by molar-refractivity contribution is 6.37. The summed E-state index contributed by atoms with van der Waals surface area (Å²) in [5.41, 5.74) is 3.06. The van der Waals surface area contributed by atoms with E-state index in [4.69, 9.17) is 5.11 Å². The summed E-state index contributed by atoms with van der Waals surface area (Å²) in [5, 5.41) is 8.59. The van der Waals surface area contributed by atoms with Crippen molar-refractivity contribution in [2.75, 3.05) is 0 Å². The number of carbonyl (C=O) groups is 3. The van der Waals surface area contributed by atoms with Crippen LogP contribution >= 0.6 is 0 Å². The van der Waals surface area contributed by atoms with Crippen molar-refractivity contribution in [3.05, 3.63) is 66.0 Å². The number of carboxylic acid groups (broad SMARTS) is 1. The van der Waals surface area contributed by atoms with E-state index in [0.717, 1.165) is 16.6 Å². The van der Waals surface area contributed by atoms with Crippen molar-refractivity contribution < 1.29 is 19.5 Å². The van der Waals surface area contributed by atoms with Crippen LogP contribution in [-0.2, 0) is 16.1 Å². The van der Waals surface area contributed by atoms with Gasteiger partial charge in [-0.3, -0.25) is 9.59 Å². The average molecular weight is 322 g/mol. The summed E-state index contributed by atoms with van der Waals surface area (Å²) in [5.74, 6) is -3.20. The Morgan fingerprint density at radius 2 is 1.83 bits per heavy atom. The minimum Gasteiger partial charge on any atom is -0.475 e. The van der Waals surface area contributed by atoms with Gasteiger partial charge in [-0.25, -0.2) is 9.78 Å². The molecule has 0 unspecified atom stereocenters. The Hall–Kier alpha value is -3.28. The molecule has 24 heavy (non-hydrogen) atoms. The van der Waals surface area contributed by atoms with Crippen LogP contribution in [0.3, 0.4) is 0 Å². The molecule has 0 aliphatic carbocycles. The van der Waals surface area contributed by atoms with Crippen LogP contribution in [0.2, 0.25) is 0 Å². The number of benzene rings is 2. The number of ketones is 2. The van der Waals surface area contributed by atoms with E-state index in [-0.39, 0.29) is 0 Å². The predicted octanol–water partition coefficient (Wildman–Crippen LogP) is 2.31. The summed E-state index contributed by atoms with van der Waals surface area (Å²) in [6.07, 6.45) is 1.10. The Bertz CT molecular complexity index is 943. The van der Waals surface area contributed by atoms with Crippen molar-refractivity contribution in [2.24, 2.45) is 0 Å². The van der Waals surface area contributed by atoms with Crippen LogP contribution in [0.1, 0.15) is 22.3 Å². The second-order valence-corrected chi connectivity index (χ2v) is 5.39. The van der Waals surface area contributed by atoms with Crippen LogP contribution in [-0.4, -0.2) is 32.2 Å². The molecule has 0 aliphatic rings. The second kappa shape index (κ2) is 6.45. The molecular weight excluding hydrogens is 308 g/mol. The number of hydrogen-bond acceptors (Lipinski definition) is 4. The van der Waals surface area contributed by atoms with Gasteiger partial charge in [0.05, 0.1) is 23.8 Å². The molecule has 1 aromatic heterocycles. The Kier molecular flexibility index (Phi) is 4.20. The lowest BCUT2D eigenvalue weighted by Gasteiger charge is -2.06. The molecule has 1 heterocycles. The first-order valence-corrected chi connectivity index (χ1v) is 7.33. The molecule has 0 amide bonds. The molecule has 0 radical (unpaired) electrons. The molecule has 0 fully saturated rings. The highest BCUT2D eigenvalue weighted by Gasteiger charge is 2.18. The van der Waals surface area contributed by atoms with Crippen molar-refractivity contribution >= 4 is 28.6 Å². The number of hydrogen-bond donors (Lipinski definition) is 1. The number of carbonyl (C=O) groups excluding carboxylic acids is 2. The fraction of sp³-hybridized carbons (Fsp3) is 0.111. The minimum absolute atomic E-state index is 0.325. The van der Waals surface area contributed by atoms with Crippen LogP contribution < -0.4 is 0 Å². The first-order valence-electron chi connectivity index (χ1n) is 7.33. The Morgan fingerprint density at radius 1 is 1.04 bits per heavy atom. The number of fused-ring (bicyclic) bond motifs is 1. The van der Waals surface area contributed by atoms with Gasteiger partial charge in [-0.1, -0.05) is 30.3 Å². The van der Waals surface area contributed by atoms with Gasteiger partial charge in [-0.05, 0) is 23.8 Å². The minimum atomic E-state index is -1.59. The molecule has 3 rings (SSSR count). The molecule has 6 nitrogen and oxygen atoms in total. The number of para-hydroxylation sites is 2. The van der Waals surface area contributed by atoms with E-state index >= 15 is 0 Å². The predicted molar refractivity (Wildman–Crippen MR) is 86.9 cm³/mol. The number of Topliss-reactive ketones (excluding diaryl/α,β-unsaturated/α-hetero) is 2. The fourth-order valence-electron chi connectivity index (χ4n) is 2.50. The molecule has 0 saturated heterocycles. The van der Waals surface area contributed by atoms with Crippen molar-refractivity contribution in [1.29, 1.82) is 0 Å². The van der Waals surface area contributed by atoms with E-state index in [1.807, 2.05) is 34.9 Å². The highest BCUT2D eigenvalue weighted by Crippen LogP contribution is 2.15. The summed E-state index contributed by atoms with van der Waals surface area (Å²) >= 11 is 0. The van der Waals surface area contributed by atoms with Crippen molar-refractivity contribution in [2.45, 2.75) is 13.0 Å². The smallest absolute Gasteiger partial charge is 0.372 e. The summed E-state index contributed by atoms with van der Waals surface area (Å²) < 4.78 is 1.96. The third-order valence-electron chi connectivity index (χ3n) is 3.69. The monoisotopic (exact) mass is 322 g/mol. The van der Waals surface area contributed by atoms with Crippen LogP contribution in [0.15, 0.2) is 54.9 Å². The number of aliphatic carboxylic acids is 1. The fourth-order valence-corrected chi connectivity index (χ4v) is 2.50. The van der Waals surface area contributed by atoms with E-state index in [2.05, 4.69) is 4.98 Å². The lowest BCUT2D eigenvalue weighted by molar-refractivity contribution is -0.148. The molecule has 2 aromatic carbocycles. The number of rotatable bonds is 6. The van der Waals surface area contributed by atoms with Crippen LogP contribution in [0.4, 0.5) is 0 Å². The van der Waals surface area contributed by atoms with E-state index in [9.17, 15) is 14.4 Å². The van der Waals surface area contributed by atoms with Gasteiger partial charge in [-0.2, -0.15) is 0 Å². The first kappa shape index (κ1) is 15.6. The molecule has 1 N–H and O–H groups in total. The number of imidazole rings is 1. The maximum Gasteiger partial charge on any atom is 0.372 e. The first-order chi connectivity index (χ1) is 11.5. The summed E-state index contributed by atoms with van der Waals surface area (Å²) in [6.45, 7) is 0.522. The van der Waals surface area contributed by atoms with Gasteiger partial charge in [0.1, 0.15) is 0 Å². The molecule has 3 aromatic rings. The number of carboxylic acids is 1. The second-order valence-electron chi connectivity index (χ2n) is 5.39. The molecule has 0 bridgehead atoms. The molecule has 0 saturated carbocycles. The van der Waals surface area contributed by atoms with Gasteiger partial charge >= 0.3 is 5.97 Å². The van der Waals surface area contributed by atoms with E-state index in [0.29, 0.717) is 12.1 Å². The lowest BCUT2D eigenvalue weighted by atomic mass is 10.0. The van der Waals surface area contributed by atoms with E-state index < -0.39 is 24.0 Å². The zero-order chi connectivity index (χ0) is 17.1.